The van der Waals surface area contributed by atoms with Crippen molar-refractivity contribution in [1.82, 2.24) is 4.98 Å². The molecule has 0 aliphatic heterocycles. The quantitative estimate of drug-likeness (QED) is 0.729. The van der Waals surface area contributed by atoms with Crippen molar-refractivity contribution >= 4 is 34.3 Å². The number of thiazole rings is 1. The number of hydrogen-bond acceptors (Lipinski definition) is 5. The number of carbonyl (C=O) groups excluding carboxylic acids is 1. The zero-order chi connectivity index (χ0) is 14.0. The van der Waals surface area contributed by atoms with Gasteiger partial charge < -0.3 is 15.5 Å². The van der Waals surface area contributed by atoms with Gasteiger partial charge in [0.2, 0.25) is 5.91 Å². The van der Waals surface area contributed by atoms with E-state index in [9.17, 15) is 14.4 Å². The fourth-order valence-electron chi connectivity index (χ4n) is 1.57. The number of aromatic carboxylic acids is 1. The molecule has 8 heteroatoms. The van der Waals surface area contributed by atoms with Crippen molar-refractivity contribution < 1.29 is 24.6 Å². The number of nitrogens with one attached hydrogen (secondary N) is 1. The summed E-state index contributed by atoms with van der Waals surface area (Å²) in [7, 11) is 0. The maximum Gasteiger partial charge on any atom is 0.347 e. The average molecular weight is 284 g/mol. The van der Waals surface area contributed by atoms with Crippen LogP contribution in [-0.2, 0) is 9.59 Å². The number of rotatable bonds is 6. The van der Waals surface area contributed by atoms with E-state index in [2.05, 4.69) is 10.3 Å². The molecule has 1 saturated carbocycles. The zero-order valence-electron chi connectivity index (χ0n) is 9.88. The molecule has 3 N–H and O–H groups in total. The lowest BCUT2D eigenvalue weighted by molar-refractivity contribution is -0.138. The summed E-state index contributed by atoms with van der Waals surface area (Å²) in [6.45, 7) is 0. The van der Waals surface area contributed by atoms with Gasteiger partial charge >= 0.3 is 11.9 Å². The molecule has 102 valence electrons. The Morgan fingerprint density at radius 1 is 1.26 bits per heavy atom. The van der Waals surface area contributed by atoms with Crippen molar-refractivity contribution in [3.05, 3.63) is 10.6 Å². The molecule has 1 aromatic rings. The second-order valence-corrected chi connectivity index (χ2v) is 5.25. The first-order chi connectivity index (χ1) is 8.97. The maximum atomic E-state index is 11.4. The highest BCUT2D eigenvalue weighted by Gasteiger charge is 2.32. The number of anilines is 1. The first kappa shape index (κ1) is 13.5. The third-order valence-electron chi connectivity index (χ3n) is 2.62. The summed E-state index contributed by atoms with van der Waals surface area (Å²) in [6, 6.07) is 0. The van der Waals surface area contributed by atoms with E-state index in [0.717, 1.165) is 24.2 Å². The first-order valence-electron chi connectivity index (χ1n) is 5.73. The Hall–Kier alpha value is -1.96. The molecule has 0 spiro atoms. The standard InChI is InChI=1S/C11H12N2O5S/c14-6(3-4-7(15)16)12-11-13-8(5-1-2-5)9(19-11)10(17)18/h5H,1-4H2,(H,15,16)(H,17,18)(H,12,13,14). The highest BCUT2D eigenvalue weighted by atomic mass is 32.1. The Morgan fingerprint density at radius 2 is 1.95 bits per heavy atom. The van der Waals surface area contributed by atoms with Crippen molar-refractivity contribution in [2.75, 3.05) is 5.32 Å². The third-order valence-corrected chi connectivity index (χ3v) is 3.60. The van der Waals surface area contributed by atoms with E-state index >= 15 is 0 Å². The van der Waals surface area contributed by atoms with Gasteiger partial charge in [0.05, 0.1) is 12.1 Å². The van der Waals surface area contributed by atoms with Gasteiger partial charge in [0.25, 0.3) is 0 Å². The molecular weight excluding hydrogens is 272 g/mol. The topological polar surface area (TPSA) is 117 Å². The SMILES string of the molecule is O=C(O)CCC(=O)Nc1nc(C2CC2)c(C(=O)O)s1. The lowest BCUT2D eigenvalue weighted by Gasteiger charge is -1.98. The van der Waals surface area contributed by atoms with E-state index in [1.807, 2.05) is 0 Å². The molecule has 0 atom stereocenters. The maximum absolute atomic E-state index is 11.4. The van der Waals surface area contributed by atoms with E-state index in [1.165, 1.54) is 0 Å². The summed E-state index contributed by atoms with van der Waals surface area (Å²) in [5.41, 5.74) is 0.519. The number of nitrogens with zero attached hydrogens (tertiary/aromatic N) is 1. The van der Waals surface area contributed by atoms with Crippen molar-refractivity contribution in [1.29, 1.82) is 0 Å². The van der Waals surface area contributed by atoms with Crippen LogP contribution in [-0.4, -0.2) is 33.0 Å². The van der Waals surface area contributed by atoms with Gasteiger partial charge in [0, 0.05) is 12.3 Å². The number of aliphatic carboxylic acids is 1. The van der Waals surface area contributed by atoms with Gasteiger partial charge in [0.1, 0.15) is 4.88 Å². The molecule has 1 aromatic heterocycles. The molecule has 7 nitrogen and oxygen atoms in total. The van der Waals surface area contributed by atoms with Gasteiger partial charge in [-0.3, -0.25) is 9.59 Å². The molecule has 0 radical (unpaired) electrons. The van der Waals surface area contributed by atoms with Crippen LogP contribution < -0.4 is 5.32 Å². The lowest BCUT2D eigenvalue weighted by Crippen LogP contribution is -2.12. The Bertz CT molecular complexity index is 535. The predicted molar refractivity (Wildman–Crippen MR) is 66.5 cm³/mol. The number of carboxylic acid groups (broad SMARTS) is 2. The Morgan fingerprint density at radius 3 is 2.47 bits per heavy atom. The molecular formula is C11H12N2O5S. The lowest BCUT2D eigenvalue weighted by atomic mass is 10.2. The van der Waals surface area contributed by atoms with E-state index in [4.69, 9.17) is 10.2 Å². The number of hydrogen-bond donors (Lipinski definition) is 3. The normalized spacial score (nSPS) is 14.1. The molecule has 19 heavy (non-hydrogen) atoms. The van der Waals surface area contributed by atoms with Crippen LogP contribution in [0.2, 0.25) is 0 Å². The van der Waals surface area contributed by atoms with E-state index < -0.39 is 17.8 Å². The molecule has 0 saturated heterocycles. The van der Waals surface area contributed by atoms with Gasteiger partial charge in [-0.05, 0) is 12.8 Å². The van der Waals surface area contributed by atoms with E-state index in [0.29, 0.717) is 5.69 Å². The Kier molecular flexibility index (Phi) is 3.79. The van der Waals surface area contributed by atoms with Crippen molar-refractivity contribution in [2.24, 2.45) is 0 Å². The van der Waals surface area contributed by atoms with Crippen LogP contribution in [0.5, 0.6) is 0 Å². The number of amides is 1. The van der Waals surface area contributed by atoms with Crippen molar-refractivity contribution in [3.63, 3.8) is 0 Å². The van der Waals surface area contributed by atoms with Crippen LogP contribution in [0.3, 0.4) is 0 Å². The summed E-state index contributed by atoms with van der Waals surface area (Å²) in [5.74, 6) is -2.41. The predicted octanol–water partition coefficient (Wildman–Crippen LogP) is 1.52. The molecule has 1 aliphatic rings. The third kappa shape index (κ3) is 3.50. The van der Waals surface area contributed by atoms with Gasteiger partial charge in [0.15, 0.2) is 5.13 Å². The van der Waals surface area contributed by atoms with Crippen LogP contribution in [0.4, 0.5) is 5.13 Å². The smallest absolute Gasteiger partial charge is 0.347 e. The average Bonchev–Trinajstić information content (AvgIpc) is 3.08. The first-order valence-corrected chi connectivity index (χ1v) is 6.54. The largest absolute Gasteiger partial charge is 0.481 e. The molecule has 1 aliphatic carbocycles. The summed E-state index contributed by atoms with van der Waals surface area (Å²) >= 11 is 0.908. The van der Waals surface area contributed by atoms with Gasteiger partial charge in [-0.15, -0.1) is 0 Å². The molecule has 0 unspecified atom stereocenters. The zero-order valence-corrected chi connectivity index (χ0v) is 10.7. The number of carbonyl (C=O) groups is 3. The summed E-state index contributed by atoms with van der Waals surface area (Å²) in [4.78, 5) is 37.1. The van der Waals surface area contributed by atoms with Crippen molar-refractivity contribution in [3.8, 4) is 0 Å². The van der Waals surface area contributed by atoms with Crippen LogP contribution in [0, 0.1) is 0 Å². The highest BCUT2D eigenvalue weighted by Crippen LogP contribution is 2.43. The van der Waals surface area contributed by atoms with Crippen LogP contribution in [0.25, 0.3) is 0 Å². The minimum absolute atomic E-state index is 0.149. The van der Waals surface area contributed by atoms with E-state index in [1.54, 1.807) is 0 Å². The molecule has 2 rings (SSSR count). The number of aromatic nitrogens is 1. The summed E-state index contributed by atoms with van der Waals surface area (Å²) in [5, 5.41) is 20.2. The van der Waals surface area contributed by atoms with Crippen LogP contribution in [0.1, 0.15) is 47.0 Å². The minimum Gasteiger partial charge on any atom is -0.481 e. The summed E-state index contributed by atoms with van der Waals surface area (Å²) in [6.07, 6.45) is 1.40. The second-order valence-electron chi connectivity index (χ2n) is 4.25. The molecule has 1 amide bonds. The van der Waals surface area contributed by atoms with E-state index in [-0.39, 0.29) is 28.8 Å². The molecule has 0 aromatic carbocycles. The van der Waals surface area contributed by atoms with Crippen LogP contribution >= 0.6 is 11.3 Å². The number of carboxylic acids is 2. The highest BCUT2D eigenvalue weighted by molar-refractivity contribution is 7.17. The fraction of sp³-hybridized carbons (Fsp3) is 0.455. The Labute approximate surface area is 112 Å². The van der Waals surface area contributed by atoms with Gasteiger partial charge in [-0.25, -0.2) is 9.78 Å². The van der Waals surface area contributed by atoms with Gasteiger partial charge in [-0.2, -0.15) is 0 Å². The fourth-order valence-corrected chi connectivity index (χ4v) is 2.48. The molecule has 0 bridgehead atoms. The second kappa shape index (κ2) is 5.35. The summed E-state index contributed by atoms with van der Waals surface area (Å²) < 4.78 is 0. The molecule has 1 heterocycles. The van der Waals surface area contributed by atoms with Gasteiger partial charge in [-0.1, -0.05) is 11.3 Å². The Balaban J connectivity index is 2.04. The van der Waals surface area contributed by atoms with Crippen molar-refractivity contribution in [2.45, 2.75) is 31.6 Å². The minimum atomic E-state index is -1.06. The van der Waals surface area contributed by atoms with Crippen LogP contribution in [0.15, 0.2) is 0 Å². The molecule has 1 fully saturated rings. The monoisotopic (exact) mass is 284 g/mol.